The number of rotatable bonds is 12. The summed E-state index contributed by atoms with van der Waals surface area (Å²) in [6.45, 7) is 3.75. The van der Waals surface area contributed by atoms with Crippen molar-refractivity contribution in [1.29, 1.82) is 0 Å². The molecule has 0 atom stereocenters. The van der Waals surface area contributed by atoms with Crippen LogP contribution in [0, 0.1) is 5.92 Å². The van der Waals surface area contributed by atoms with E-state index in [0.717, 1.165) is 104 Å². The van der Waals surface area contributed by atoms with Crippen LogP contribution in [0.5, 0.6) is 0 Å². The third-order valence-corrected chi connectivity index (χ3v) is 10.0. The SMILES string of the molecule is CCCCN(C)c1ccc(-c2cccc(CN(C(=O)C3CC3)C3CCC(N)CC3)c2)cc1NC(=O)C1(c2ccccc2)CC1. The molecule has 3 aliphatic rings. The average Bonchev–Trinajstić information content (AvgIpc) is 3.98. The highest BCUT2D eigenvalue weighted by Crippen LogP contribution is 2.49. The van der Waals surface area contributed by atoms with Gasteiger partial charge in [-0.3, -0.25) is 9.59 Å². The molecule has 44 heavy (non-hydrogen) atoms. The number of nitrogens with zero attached hydrogens (tertiary/aromatic N) is 2. The molecule has 3 aromatic rings. The molecule has 232 valence electrons. The first kappa shape index (κ1) is 30.4. The van der Waals surface area contributed by atoms with E-state index in [2.05, 4.69) is 83.7 Å². The zero-order valence-corrected chi connectivity index (χ0v) is 26.4. The van der Waals surface area contributed by atoms with Gasteiger partial charge in [0.25, 0.3) is 0 Å². The van der Waals surface area contributed by atoms with Crippen LogP contribution in [0.4, 0.5) is 11.4 Å². The predicted octanol–water partition coefficient (Wildman–Crippen LogP) is 7.27. The van der Waals surface area contributed by atoms with E-state index < -0.39 is 5.41 Å². The Morgan fingerprint density at radius 2 is 1.61 bits per heavy atom. The Kier molecular flexibility index (Phi) is 9.08. The zero-order valence-electron chi connectivity index (χ0n) is 26.4. The number of unbranched alkanes of at least 4 members (excludes halogenated alkanes) is 1. The monoisotopic (exact) mass is 592 g/mol. The molecule has 6 nitrogen and oxygen atoms in total. The van der Waals surface area contributed by atoms with Crippen molar-refractivity contribution in [2.24, 2.45) is 11.7 Å². The number of nitrogens with two attached hydrogens (primary N) is 1. The molecule has 0 unspecified atom stereocenters. The lowest BCUT2D eigenvalue weighted by atomic mass is 9.90. The van der Waals surface area contributed by atoms with E-state index >= 15 is 0 Å². The Balaban J connectivity index is 1.27. The van der Waals surface area contributed by atoms with Crippen LogP contribution in [0.15, 0.2) is 72.8 Å². The Bertz CT molecular complexity index is 1450. The van der Waals surface area contributed by atoms with Crippen LogP contribution in [-0.4, -0.2) is 42.4 Å². The molecule has 6 rings (SSSR count). The minimum absolute atomic E-state index is 0.0705. The van der Waals surface area contributed by atoms with Gasteiger partial charge in [0.15, 0.2) is 0 Å². The lowest BCUT2D eigenvalue weighted by Gasteiger charge is -2.36. The standard InChI is InChI=1S/C38H48N4O2/c1-3-4-23-41(2)35-20-15-30(25-34(35)40-37(44)38(21-22-38)31-11-6-5-7-12-31)29-10-8-9-27(24-29)26-42(36(43)28-13-14-28)33-18-16-32(39)17-19-33/h5-12,15,20,24-25,28,32-33H,3-4,13-14,16-19,21-23,26,39H2,1-2H3,(H,40,44). The van der Waals surface area contributed by atoms with Crippen LogP contribution in [0.1, 0.15) is 82.3 Å². The van der Waals surface area contributed by atoms with Crippen LogP contribution >= 0.6 is 0 Å². The van der Waals surface area contributed by atoms with Gasteiger partial charge in [-0.05, 0) is 98.2 Å². The van der Waals surface area contributed by atoms with Gasteiger partial charge in [0, 0.05) is 38.1 Å². The van der Waals surface area contributed by atoms with Crippen molar-refractivity contribution in [3.8, 4) is 11.1 Å². The van der Waals surface area contributed by atoms with Gasteiger partial charge in [0.1, 0.15) is 0 Å². The molecule has 0 heterocycles. The van der Waals surface area contributed by atoms with Crippen LogP contribution in [-0.2, 0) is 21.5 Å². The second-order valence-corrected chi connectivity index (χ2v) is 13.4. The summed E-state index contributed by atoms with van der Waals surface area (Å²) in [4.78, 5) is 31.6. The van der Waals surface area contributed by atoms with Gasteiger partial charge in [-0.2, -0.15) is 0 Å². The molecular weight excluding hydrogens is 544 g/mol. The third-order valence-electron chi connectivity index (χ3n) is 10.0. The van der Waals surface area contributed by atoms with Crippen molar-refractivity contribution < 1.29 is 9.59 Å². The minimum Gasteiger partial charge on any atom is -0.373 e. The van der Waals surface area contributed by atoms with Gasteiger partial charge in [0.2, 0.25) is 11.8 Å². The molecule has 3 saturated carbocycles. The summed E-state index contributed by atoms with van der Waals surface area (Å²) in [7, 11) is 2.11. The van der Waals surface area contributed by atoms with Crippen molar-refractivity contribution in [3.05, 3.63) is 83.9 Å². The maximum absolute atomic E-state index is 13.8. The Labute approximate surface area is 263 Å². The summed E-state index contributed by atoms with van der Waals surface area (Å²) >= 11 is 0. The normalized spacial score (nSPS) is 20.5. The van der Waals surface area contributed by atoms with Crippen molar-refractivity contribution in [2.45, 2.75) is 95.2 Å². The van der Waals surface area contributed by atoms with Crippen LogP contribution in [0.3, 0.4) is 0 Å². The van der Waals surface area contributed by atoms with Gasteiger partial charge >= 0.3 is 0 Å². The molecule has 3 N–H and O–H groups in total. The summed E-state index contributed by atoms with van der Waals surface area (Å²) < 4.78 is 0. The number of carbonyl (C=O) groups excluding carboxylic acids is 2. The maximum Gasteiger partial charge on any atom is 0.235 e. The molecule has 6 heteroatoms. The fraction of sp³-hybridized carbons (Fsp3) is 0.474. The molecule has 0 radical (unpaired) electrons. The summed E-state index contributed by atoms with van der Waals surface area (Å²) in [5.41, 5.74) is 12.0. The molecule has 3 fully saturated rings. The number of amides is 2. The Hall–Kier alpha value is -3.64. The topological polar surface area (TPSA) is 78.7 Å². The Morgan fingerprint density at radius 1 is 0.886 bits per heavy atom. The Morgan fingerprint density at radius 3 is 2.30 bits per heavy atom. The van der Waals surface area contributed by atoms with Crippen molar-refractivity contribution >= 4 is 23.2 Å². The fourth-order valence-corrected chi connectivity index (χ4v) is 6.85. The first-order chi connectivity index (χ1) is 21.4. The molecule has 0 spiro atoms. The molecule has 3 aliphatic carbocycles. The van der Waals surface area contributed by atoms with E-state index in [9.17, 15) is 9.59 Å². The molecular formula is C38H48N4O2. The van der Waals surface area contributed by atoms with Gasteiger partial charge in [-0.1, -0.05) is 67.9 Å². The van der Waals surface area contributed by atoms with Crippen molar-refractivity contribution in [1.82, 2.24) is 4.90 Å². The summed E-state index contributed by atoms with van der Waals surface area (Å²) in [6, 6.07) is 25.7. The van der Waals surface area contributed by atoms with Gasteiger partial charge < -0.3 is 20.9 Å². The highest BCUT2D eigenvalue weighted by molar-refractivity contribution is 6.04. The van der Waals surface area contributed by atoms with Crippen LogP contribution in [0.2, 0.25) is 0 Å². The second kappa shape index (κ2) is 13.2. The number of hydrogen-bond donors (Lipinski definition) is 2. The number of benzene rings is 3. The van der Waals surface area contributed by atoms with Crippen LogP contribution in [0.25, 0.3) is 11.1 Å². The van der Waals surface area contributed by atoms with Gasteiger partial charge in [-0.15, -0.1) is 0 Å². The van der Waals surface area contributed by atoms with E-state index in [1.165, 1.54) is 0 Å². The smallest absolute Gasteiger partial charge is 0.235 e. The molecule has 0 aromatic heterocycles. The number of hydrogen-bond acceptors (Lipinski definition) is 4. The number of nitrogens with one attached hydrogen (secondary N) is 1. The average molecular weight is 593 g/mol. The molecule has 0 aliphatic heterocycles. The zero-order chi connectivity index (χ0) is 30.7. The highest BCUT2D eigenvalue weighted by Gasteiger charge is 2.51. The third kappa shape index (κ3) is 6.71. The van der Waals surface area contributed by atoms with E-state index in [4.69, 9.17) is 5.73 Å². The highest BCUT2D eigenvalue weighted by atomic mass is 16.2. The second-order valence-electron chi connectivity index (χ2n) is 13.4. The molecule has 2 amide bonds. The van der Waals surface area contributed by atoms with Crippen LogP contribution < -0.4 is 16.0 Å². The van der Waals surface area contributed by atoms with Crippen molar-refractivity contribution in [3.63, 3.8) is 0 Å². The molecule has 3 aromatic carbocycles. The first-order valence-electron chi connectivity index (χ1n) is 16.8. The van der Waals surface area contributed by atoms with Gasteiger partial charge in [0.05, 0.1) is 16.8 Å². The minimum atomic E-state index is -0.447. The molecule has 0 bridgehead atoms. The predicted molar refractivity (Wildman–Crippen MR) is 180 cm³/mol. The van der Waals surface area contributed by atoms with Gasteiger partial charge in [-0.25, -0.2) is 0 Å². The quantitative estimate of drug-likeness (QED) is 0.232. The lowest BCUT2D eigenvalue weighted by molar-refractivity contribution is -0.136. The summed E-state index contributed by atoms with van der Waals surface area (Å²) in [6.07, 6.45) is 9.91. The molecule has 0 saturated heterocycles. The largest absolute Gasteiger partial charge is 0.373 e. The first-order valence-corrected chi connectivity index (χ1v) is 16.8. The lowest BCUT2D eigenvalue weighted by Crippen LogP contribution is -2.44. The number of anilines is 2. The van der Waals surface area contributed by atoms with E-state index in [1.807, 2.05) is 18.2 Å². The van der Waals surface area contributed by atoms with E-state index in [1.54, 1.807) is 0 Å². The fourth-order valence-electron chi connectivity index (χ4n) is 6.85. The summed E-state index contributed by atoms with van der Waals surface area (Å²) in [5, 5.41) is 3.36. The van der Waals surface area contributed by atoms with E-state index in [-0.39, 0.29) is 23.9 Å². The maximum atomic E-state index is 13.8. The number of carbonyl (C=O) groups is 2. The summed E-state index contributed by atoms with van der Waals surface area (Å²) in [5.74, 6) is 0.580. The van der Waals surface area contributed by atoms with Crippen molar-refractivity contribution in [2.75, 3.05) is 23.8 Å². The van der Waals surface area contributed by atoms with E-state index in [0.29, 0.717) is 12.5 Å².